The molecular formula is C93H131N21O18S. The smallest absolute Gasteiger partial charge is 0.246 e. The number of aromatic nitrogens is 4. The number of carbonyl (C=O) groups is 17. The SMILES string of the molecule is CCCC[C@H]1C(=O)N(C)[C@@H](CCCC)C(=O)C[C@@H](CCCNC(=N)N)C(=O)N[C@H](C(=O)CCC(N)=O)CSCC(=O)N[C@@H](Cc2ccccc2)C(=O)N(C)[C@@H](C)C(=O)N[C@@H](CC(N)=O)C(=O)N2CCCCC2C(=O)C[C@@H](Cc2cnc[nH]2)C(=O)N[C@@H](CC(C)C)C(=O)N(C)CC(=O)N[C@@H](Cc2c[nH]c3ccccc23)C(=O)N[C@@H](CO)C(=O)N[C@@H](Cc2c[nH]c3ccccc23)C(=O)N1C. The van der Waals surface area contributed by atoms with Crippen LogP contribution < -0.4 is 59.7 Å². The van der Waals surface area contributed by atoms with Crippen LogP contribution in [0.5, 0.6) is 0 Å². The Kier molecular flexibility index (Phi) is 41.1. The molecule has 40 heteroatoms. The second-order valence-corrected chi connectivity index (χ2v) is 35.9. The number of amides is 14. The lowest BCUT2D eigenvalue weighted by Gasteiger charge is -2.38. The van der Waals surface area contributed by atoms with E-state index in [1.54, 1.807) is 105 Å². The molecule has 8 rings (SSSR count). The Balaban J connectivity index is 1.19. The Morgan fingerprint density at radius 1 is 0.556 bits per heavy atom. The molecule has 0 radical (unpaired) electrons. The zero-order chi connectivity index (χ0) is 97.3. The number of H-pyrrole nitrogens is 3. The number of hydrogen-bond acceptors (Lipinski definition) is 21. The van der Waals surface area contributed by atoms with Gasteiger partial charge in [0.05, 0.1) is 55.7 Å². The molecule has 3 aromatic carbocycles. The topological polar surface area (TPSA) is 585 Å². The van der Waals surface area contributed by atoms with Gasteiger partial charge in [-0.3, -0.25) is 86.9 Å². The van der Waals surface area contributed by atoms with Gasteiger partial charge in [-0.25, -0.2) is 4.98 Å². The van der Waals surface area contributed by atoms with E-state index in [9.17, 15) is 43.5 Å². The summed E-state index contributed by atoms with van der Waals surface area (Å²) < 4.78 is 0. The molecule has 2 fully saturated rings. The lowest BCUT2D eigenvalue weighted by molar-refractivity contribution is -0.149. The number of aliphatic hydroxyl groups is 1. The Hall–Kier alpha value is -12.9. The lowest BCUT2D eigenvalue weighted by atomic mass is 9.88. The molecule has 0 spiro atoms. The van der Waals surface area contributed by atoms with Crippen molar-refractivity contribution in [2.75, 3.05) is 65.9 Å². The third-order valence-corrected chi connectivity index (χ3v) is 25.3. The number of imidazole rings is 1. The molecule has 1 unspecified atom stereocenters. The predicted molar refractivity (Wildman–Crippen MR) is 498 cm³/mol. The first kappa shape index (κ1) is 105. The van der Waals surface area contributed by atoms with Crippen LogP contribution in [0.1, 0.15) is 166 Å². The van der Waals surface area contributed by atoms with Crippen LogP contribution in [0.4, 0.5) is 0 Å². The average molecular weight is 1860 g/mol. The molecule has 19 N–H and O–H groups in total. The summed E-state index contributed by atoms with van der Waals surface area (Å²) in [6, 6.07) is 6.70. The van der Waals surface area contributed by atoms with Crippen LogP contribution in [0.2, 0.25) is 0 Å². The van der Waals surface area contributed by atoms with Gasteiger partial charge in [-0.05, 0) is 93.0 Å². The molecule has 2 aliphatic heterocycles. The van der Waals surface area contributed by atoms with E-state index in [2.05, 4.69) is 62.5 Å². The van der Waals surface area contributed by atoms with Crippen LogP contribution in [0.15, 0.2) is 104 Å². The van der Waals surface area contributed by atoms with Crippen molar-refractivity contribution < 1.29 is 86.6 Å². The third kappa shape index (κ3) is 31.1. The molecule has 2 saturated heterocycles. The Morgan fingerprint density at radius 3 is 1.73 bits per heavy atom. The van der Waals surface area contributed by atoms with Gasteiger partial charge in [-0.1, -0.05) is 120 Å². The minimum Gasteiger partial charge on any atom is -0.394 e. The van der Waals surface area contributed by atoms with Crippen molar-refractivity contribution in [3.63, 3.8) is 0 Å². The second kappa shape index (κ2) is 51.8. The Morgan fingerprint density at radius 2 is 1.12 bits per heavy atom. The molecular weight excluding hydrogens is 1730 g/mol. The number of Topliss-reactive ketones (excluding diaryl/α,β-unsaturated/α-hetero) is 3. The molecule has 133 heavy (non-hydrogen) atoms. The number of ketones is 3. The first-order valence-electron chi connectivity index (χ1n) is 45.4. The van der Waals surface area contributed by atoms with Gasteiger partial charge in [0.2, 0.25) is 82.7 Å². The van der Waals surface area contributed by atoms with Gasteiger partial charge >= 0.3 is 0 Å². The first-order valence-corrected chi connectivity index (χ1v) is 46.6. The summed E-state index contributed by atoms with van der Waals surface area (Å²) in [5.41, 5.74) is 20.3. The van der Waals surface area contributed by atoms with Crippen LogP contribution in [-0.4, -0.2) is 288 Å². The van der Waals surface area contributed by atoms with Crippen molar-refractivity contribution in [3.8, 4) is 0 Å². The number of para-hydroxylation sites is 2. The van der Waals surface area contributed by atoms with Gasteiger partial charge in [0.1, 0.15) is 48.3 Å². The van der Waals surface area contributed by atoms with E-state index in [0.29, 0.717) is 82.7 Å². The predicted octanol–water partition coefficient (Wildman–Crippen LogP) is 1.67. The number of hydrogen-bond donors (Lipinski definition) is 16. The number of benzene rings is 3. The summed E-state index contributed by atoms with van der Waals surface area (Å²) in [6.07, 6.45) is 5.48. The zero-order valence-electron chi connectivity index (χ0n) is 77.2. The maximum atomic E-state index is 15.7. The van der Waals surface area contributed by atoms with E-state index < -0.39 is 229 Å². The highest BCUT2D eigenvalue weighted by Crippen LogP contribution is 2.29. The molecule has 722 valence electrons. The van der Waals surface area contributed by atoms with Crippen LogP contribution in [0, 0.1) is 23.2 Å². The number of piperidine rings is 1. The summed E-state index contributed by atoms with van der Waals surface area (Å²) in [4.78, 5) is 269. The molecule has 5 heterocycles. The number of aliphatic hydroxyl groups excluding tert-OH is 1. The van der Waals surface area contributed by atoms with Gasteiger partial charge in [0.15, 0.2) is 23.3 Å². The molecule has 3 aromatic heterocycles. The monoisotopic (exact) mass is 1860 g/mol. The minimum atomic E-state index is -1.84. The van der Waals surface area contributed by atoms with Crippen LogP contribution in [0.25, 0.3) is 21.8 Å². The quantitative estimate of drug-likeness (QED) is 0.0198. The van der Waals surface area contributed by atoms with Gasteiger partial charge < -0.3 is 104 Å². The van der Waals surface area contributed by atoms with Crippen molar-refractivity contribution in [1.29, 1.82) is 5.41 Å². The van der Waals surface area contributed by atoms with Gasteiger partial charge in [0, 0.05) is 150 Å². The van der Waals surface area contributed by atoms with Crippen molar-refractivity contribution in [3.05, 3.63) is 126 Å². The summed E-state index contributed by atoms with van der Waals surface area (Å²) in [5.74, 6) is -17.9. The molecule has 14 amide bonds. The number of carbonyl (C=O) groups excluding carboxylic acids is 17. The zero-order valence-corrected chi connectivity index (χ0v) is 78.0. The fraction of sp³-hybridized carbons (Fsp3) is 0.538. The van der Waals surface area contributed by atoms with Crippen LogP contribution in [-0.2, 0) is 107 Å². The number of nitrogens with two attached hydrogens (primary N) is 3. The number of aromatic amines is 3. The van der Waals surface area contributed by atoms with E-state index in [0.717, 1.165) is 21.6 Å². The molecule has 39 nitrogen and oxygen atoms in total. The molecule has 0 bridgehead atoms. The number of likely N-dealkylation sites (N-methyl/N-ethyl adjacent to an activating group) is 4. The Bertz CT molecular complexity index is 5060. The summed E-state index contributed by atoms with van der Waals surface area (Å²) >= 11 is 0.861. The maximum absolute atomic E-state index is 15.7. The maximum Gasteiger partial charge on any atom is 0.246 e. The highest BCUT2D eigenvalue weighted by atomic mass is 32.2. The average Bonchev–Trinajstić information content (AvgIpc) is 1.75. The highest BCUT2D eigenvalue weighted by Gasteiger charge is 2.44. The van der Waals surface area contributed by atoms with Crippen LogP contribution >= 0.6 is 11.8 Å². The number of thioether (sulfide) groups is 1. The highest BCUT2D eigenvalue weighted by molar-refractivity contribution is 8.00. The standard InChI is InChI=1S/C93H131N21O18S/c1-10-12-31-73-77(117)43-57(26-23-36-99-93(96)97)84(124)109-72(76(116)34-35-79(94)119)51-133-52-82(122)104-68(39-56-24-15-14-16-25-56)89(129)111(7)55(5)83(123)105-70(45-80(95)120)91(131)114-37-22-21-33-74(114)78(118)44-58(40-61-48-98-53-102-61)85(125)106-67(38-54(3)4)88(128)110(6)49-81(121)103-66(41-59-46-100-64-29-19-17-27-62(59)64)86(126)108-71(50-115)87(127)107-69(42-60-47-101-65-30-20-18-28-63(60)65)90(130)113(9)75(32-13-11-2)92(132)112(73)8/h14-20,24-25,27-30,46-48,53-55,57-58,66-75,100-101,115H,10-13,21-23,26,31-45,49-52H2,1-9H3,(H2,94,119)(H2,95,120)(H,98,102)(H,103,121)(H,104,122)(H,105,123)(H,106,125)(H,107,127)(H,108,126)(H,109,124)(H4,96,97,99)/t55-,57+,58+,66-,67-,68-,69-,70-,71-,72-,73-,74?,75-/m0/s1. The van der Waals surface area contributed by atoms with Crippen molar-refractivity contribution >= 4 is 140 Å². The number of nitrogens with zero attached hydrogens (tertiary/aromatic N) is 6. The van der Waals surface area contributed by atoms with Gasteiger partial charge in [-0.2, -0.15) is 0 Å². The first-order chi connectivity index (χ1) is 63.4. The minimum absolute atomic E-state index is 0.00632. The number of fused-ring (bicyclic) bond motifs is 3. The number of primary amides is 2. The molecule has 0 saturated carbocycles. The van der Waals surface area contributed by atoms with Crippen molar-refractivity contribution in [2.24, 2.45) is 35.0 Å². The van der Waals surface area contributed by atoms with Gasteiger partial charge in [0.25, 0.3) is 0 Å². The van der Waals surface area contributed by atoms with E-state index in [4.69, 9.17) is 22.6 Å². The summed E-state index contributed by atoms with van der Waals surface area (Å²) in [5, 5.41) is 42.0. The molecule has 2 aliphatic rings. The number of nitrogens with one attached hydrogen (secondary N) is 12. The van der Waals surface area contributed by atoms with E-state index >= 15 is 43.2 Å². The molecule has 13 atom stereocenters. The summed E-state index contributed by atoms with van der Waals surface area (Å²) in [6.45, 7) is 6.88. The summed E-state index contributed by atoms with van der Waals surface area (Å²) in [7, 11) is 5.37. The van der Waals surface area contributed by atoms with Gasteiger partial charge in [-0.15, -0.1) is 11.8 Å². The second-order valence-electron chi connectivity index (χ2n) is 34.9. The van der Waals surface area contributed by atoms with E-state index in [1.807, 2.05) is 13.8 Å². The molecule has 6 aromatic rings. The van der Waals surface area contributed by atoms with Crippen molar-refractivity contribution in [2.45, 2.75) is 236 Å². The Labute approximate surface area is 777 Å². The lowest BCUT2D eigenvalue weighted by Crippen LogP contribution is -2.60. The largest absolute Gasteiger partial charge is 0.394 e. The number of unbranched alkanes of at least 4 members (excludes halogenated alkanes) is 2. The fourth-order valence-electron chi connectivity index (χ4n) is 16.7. The number of rotatable bonds is 27. The number of guanidine groups is 1. The van der Waals surface area contributed by atoms with E-state index in [-0.39, 0.29) is 94.9 Å². The van der Waals surface area contributed by atoms with E-state index in [1.165, 1.54) is 62.3 Å². The van der Waals surface area contributed by atoms with Crippen molar-refractivity contribution in [1.82, 2.24) is 87.0 Å². The molecule has 0 aliphatic carbocycles. The van der Waals surface area contributed by atoms with Crippen LogP contribution in [0.3, 0.4) is 0 Å². The normalized spacial score (nSPS) is 23.7. The fourth-order valence-corrected chi connectivity index (χ4v) is 17.6. The third-order valence-electron chi connectivity index (χ3n) is 24.3.